The molecule has 1 heterocycles. The molecule has 0 radical (unpaired) electrons. The second-order valence-corrected chi connectivity index (χ2v) is 5.33. The van der Waals surface area contributed by atoms with Crippen molar-refractivity contribution in [1.82, 2.24) is 4.98 Å². The topological polar surface area (TPSA) is 51.4 Å². The number of nitrogens with zero attached hydrogens (tertiary/aromatic N) is 2. The van der Waals surface area contributed by atoms with Crippen LogP contribution in [0.15, 0.2) is 54.6 Å². The van der Waals surface area contributed by atoms with E-state index in [2.05, 4.69) is 9.88 Å². The van der Waals surface area contributed by atoms with Crippen molar-refractivity contribution >= 4 is 16.6 Å². The van der Waals surface area contributed by atoms with Crippen molar-refractivity contribution < 1.29 is 4.74 Å². The molecule has 0 aliphatic heterocycles. The first-order valence-corrected chi connectivity index (χ1v) is 7.21. The smallest absolute Gasteiger partial charge is 0.128 e. The van der Waals surface area contributed by atoms with Gasteiger partial charge in [-0.1, -0.05) is 18.2 Å². The maximum atomic E-state index is 5.91. The normalized spacial score (nSPS) is 10.7. The molecular formula is C18H19N3O. The van der Waals surface area contributed by atoms with Crippen LogP contribution in [0, 0.1) is 0 Å². The predicted octanol–water partition coefficient (Wildman–Crippen LogP) is 3.55. The highest BCUT2D eigenvalue weighted by Gasteiger charge is 2.09. The molecule has 4 nitrogen and oxygen atoms in total. The fourth-order valence-electron chi connectivity index (χ4n) is 2.40. The molecule has 0 bridgehead atoms. The monoisotopic (exact) mass is 293 g/mol. The zero-order valence-electron chi connectivity index (χ0n) is 12.8. The van der Waals surface area contributed by atoms with Crippen LogP contribution in [-0.4, -0.2) is 19.1 Å². The van der Waals surface area contributed by atoms with Gasteiger partial charge in [0.1, 0.15) is 11.5 Å². The van der Waals surface area contributed by atoms with Gasteiger partial charge in [-0.25, -0.2) is 0 Å². The maximum absolute atomic E-state index is 5.91. The summed E-state index contributed by atoms with van der Waals surface area (Å²) in [6.45, 7) is 0.430. The Morgan fingerprint density at radius 2 is 1.77 bits per heavy atom. The number of ether oxygens (including phenoxy) is 1. The molecule has 1 aromatic heterocycles. The average Bonchev–Trinajstić information content (AvgIpc) is 2.54. The van der Waals surface area contributed by atoms with E-state index < -0.39 is 0 Å². The van der Waals surface area contributed by atoms with Gasteiger partial charge in [-0.05, 0) is 36.4 Å². The van der Waals surface area contributed by atoms with Crippen LogP contribution in [0.3, 0.4) is 0 Å². The van der Waals surface area contributed by atoms with E-state index in [4.69, 9.17) is 10.5 Å². The van der Waals surface area contributed by atoms with Crippen molar-refractivity contribution in [2.45, 2.75) is 6.54 Å². The van der Waals surface area contributed by atoms with Crippen LogP contribution in [0.2, 0.25) is 0 Å². The SMILES string of the molecule is CN(C)c1cc(CN)nc2ccc(Oc3ccccc3)cc12. The zero-order valence-corrected chi connectivity index (χ0v) is 12.8. The number of rotatable bonds is 4. The lowest BCUT2D eigenvalue weighted by Gasteiger charge is -2.17. The summed E-state index contributed by atoms with van der Waals surface area (Å²) >= 11 is 0. The van der Waals surface area contributed by atoms with Crippen LogP contribution in [0.5, 0.6) is 11.5 Å². The first-order valence-electron chi connectivity index (χ1n) is 7.21. The Morgan fingerprint density at radius 3 is 2.45 bits per heavy atom. The number of para-hydroxylation sites is 1. The van der Waals surface area contributed by atoms with Gasteiger partial charge in [0.15, 0.2) is 0 Å². The van der Waals surface area contributed by atoms with Crippen molar-refractivity contribution in [2.75, 3.05) is 19.0 Å². The van der Waals surface area contributed by atoms with Crippen molar-refractivity contribution in [3.63, 3.8) is 0 Å². The number of anilines is 1. The molecule has 0 spiro atoms. The molecule has 0 atom stereocenters. The Morgan fingerprint density at radius 1 is 1.00 bits per heavy atom. The minimum Gasteiger partial charge on any atom is -0.457 e. The molecule has 2 aromatic carbocycles. The second kappa shape index (κ2) is 6.03. The van der Waals surface area contributed by atoms with Crippen LogP contribution >= 0.6 is 0 Å². The molecule has 3 aromatic rings. The summed E-state index contributed by atoms with van der Waals surface area (Å²) in [5.41, 5.74) is 8.63. The second-order valence-electron chi connectivity index (χ2n) is 5.33. The van der Waals surface area contributed by atoms with E-state index >= 15 is 0 Å². The van der Waals surface area contributed by atoms with Crippen molar-refractivity contribution in [3.8, 4) is 11.5 Å². The van der Waals surface area contributed by atoms with E-state index in [1.807, 2.05) is 68.7 Å². The summed E-state index contributed by atoms with van der Waals surface area (Å²) in [4.78, 5) is 6.64. The minimum atomic E-state index is 0.430. The van der Waals surface area contributed by atoms with Crippen LogP contribution < -0.4 is 15.4 Å². The highest BCUT2D eigenvalue weighted by molar-refractivity contribution is 5.92. The molecule has 0 unspecified atom stereocenters. The van der Waals surface area contributed by atoms with E-state index in [-0.39, 0.29) is 0 Å². The third kappa shape index (κ3) is 2.87. The lowest BCUT2D eigenvalue weighted by Crippen LogP contribution is -2.11. The predicted molar refractivity (Wildman–Crippen MR) is 90.5 cm³/mol. The summed E-state index contributed by atoms with van der Waals surface area (Å²) < 4.78 is 5.91. The van der Waals surface area contributed by atoms with Gasteiger partial charge >= 0.3 is 0 Å². The zero-order chi connectivity index (χ0) is 15.5. The van der Waals surface area contributed by atoms with E-state index in [1.54, 1.807) is 0 Å². The highest BCUT2D eigenvalue weighted by atomic mass is 16.5. The molecule has 0 fully saturated rings. The molecule has 0 saturated carbocycles. The molecule has 4 heteroatoms. The van der Waals surface area contributed by atoms with Gasteiger partial charge in [-0.15, -0.1) is 0 Å². The highest BCUT2D eigenvalue weighted by Crippen LogP contribution is 2.31. The molecule has 3 rings (SSSR count). The third-order valence-electron chi connectivity index (χ3n) is 3.48. The fraction of sp³-hybridized carbons (Fsp3) is 0.167. The quantitative estimate of drug-likeness (QED) is 0.799. The number of hydrogen-bond acceptors (Lipinski definition) is 4. The van der Waals surface area contributed by atoms with Gasteiger partial charge in [-0.2, -0.15) is 0 Å². The summed E-state index contributed by atoms with van der Waals surface area (Å²) in [5, 5.41) is 1.05. The first-order chi connectivity index (χ1) is 10.7. The fourth-order valence-corrected chi connectivity index (χ4v) is 2.40. The van der Waals surface area contributed by atoms with Gasteiger partial charge in [-0.3, -0.25) is 4.98 Å². The molecule has 0 amide bonds. The van der Waals surface area contributed by atoms with Gasteiger partial charge in [0.2, 0.25) is 0 Å². The van der Waals surface area contributed by atoms with Gasteiger partial charge in [0.05, 0.1) is 11.2 Å². The first kappa shape index (κ1) is 14.4. The lowest BCUT2D eigenvalue weighted by atomic mass is 10.1. The average molecular weight is 293 g/mol. The molecule has 0 aliphatic carbocycles. The number of benzene rings is 2. The van der Waals surface area contributed by atoms with Crippen LogP contribution in [-0.2, 0) is 6.54 Å². The van der Waals surface area contributed by atoms with Gasteiger partial charge < -0.3 is 15.4 Å². The van der Waals surface area contributed by atoms with Crippen molar-refractivity contribution in [1.29, 1.82) is 0 Å². The van der Waals surface area contributed by atoms with E-state index in [0.29, 0.717) is 6.54 Å². The Hall–Kier alpha value is -2.59. The van der Waals surface area contributed by atoms with Gasteiger partial charge in [0.25, 0.3) is 0 Å². The molecule has 22 heavy (non-hydrogen) atoms. The standard InChI is InChI=1S/C18H19N3O/c1-21(2)18-10-13(12-19)20-17-9-8-15(11-16(17)18)22-14-6-4-3-5-7-14/h3-11H,12,19H2,1-2H3. The number of pyridine rings is 1. The van der Waals surface area contributed by atoms with Crippen LogP contribution in [0.1, 0.15) is 5.69 Å². The minimum absolute atomic E-state index is 0.430. The Balaban J connectivity index is 2.06. The number of nitrogens with two attached hydrogens (primary N) is 1. The van der Waals surface area contributed by atoms with E-state index in [0.717, 1.165) is 33.8 Å². The Bertz CT molecular complexity index is 785. The van der Waals surface area contributed by atoms with Crippen molar-refractivity contribution in [2.24, 2.45) is 5.73 Å². The molecular weight excluding hydrogens is 274 g/mol. The molecule has 0 aliphatic rings. The number of aromatic nitrogens is 1. The Labute approximate surface area is 130 Å². The lowest BCUT2D eigenvalue weighted by molar-refractivity contribution is 0.483. The largest absolute Gasteiger partial charge is 0.457 e. The Kier molecular flexibility index (Phi) is 3.94. The number of fused-ring (bicyclic) bond motifs is 1. The number of hydrogen-bond donors (Lipinski definition) is 1. The van der Waals surface area contributed by atoms with Gasteiger partial charge in [0, 0.05) is 31.7 Å². The van der Waals surface area contributed by atoms with E-state index in [9.17, 15) is 0 Å². The van der Waals surface area contributed by atoms with E-state index in [1.165, 1.54) is 0 Å². The molecule has 0 saturated heterocycles. The maximum Gasteiger partial charge on any atom is 0.128 e. The summed E-state index contributed by atoms with van der Waals surface area (Å²) in [6.07, 6.45) is 0. The summed E-state index contributed by atoms with van der Waals surface area (Å²) in [5.74, 6) is 1.61. The van der Waals surface area contributed by atoms with Crippen molar-refractivity contribution in [3.05, 3.63) is 60.3 Å². The summed E-state index contributed by atoms with van der Waals surface area (Å²) in [6, 6.07) is 17.7. The van der Waals surface area contributed by atoms with Crippen LogP contribution in [0.4, 0.5) is 5.69 Å². The molecule has 112 valence electrons. The summed E-state index contributed by atoms with van der Waals surface area (Å²) in [7, 11) is 4.03. The van der Waals surface area contributed by atoms with Crippen LogP contribution in [0.25, 0.3) is 10.9 Å². The third-order valence-corrected chi connectivity index (χ3v) is 3.48. The molecule has 2 N–H and O–H groups in total.